The number of carbonyl (C=O) groups excluding carboxylic acids is 1. The lowest BCUT2D eigenvalue weighted by atomic mass is 10.2. The molecule has 5 heteroatoms. The SMILES string of the molecule is Nc1cc(O)cc2c1OCC(=O)N2. The first kappa shape index (κ1) is 7.72. The summed E-state index contributed by atoms with van der Waals surface area (Å²) in [7, 11) is 0. The number of phenolic OH excluding ortho intramolecular Hbond substituents is 1. The molecule has 0 aromatic heterocycles. The molecule has 0 fully saturated rings. The summed E-state index contributed by atoms with van der Waals surface area (Å²) in [5.41, 5.74) is 6.28. The quantitative estimate of drug-likeness (QED) is 0.501. The van der Waals surface area contributed by atoms with Gasteiger partial charge in [0.1, 0.15) is 5.75 Å². The van der Waals surface area contributed by atoms with Gasteiger partial charge in [-0.3, -0.25) is 4.79 Å². The van der Waals surface area contributed by atoms with Crippen LogP contribution in [0.4, 0.5) is 11.4 Å². The zero-order chi connectivity index (χ0) is 9.42. The molecule has 0 saturated carbocycles. The minimum absolute atomic E-state index is 0.00190. The molecule has 0 radical (unpaired) electrons. The minimum atomic E-state index is -0.252. The molecule has 1 aromatic carbocycles. The summed E-state index contributed by atoms with van der Waals surface area (Å²) in [5, 5.41) is 11.7. The predicted molar refractivity (Wildman–Crippen MR) is 46.6 cm³/mol. The predicted octanol–water partition coefficient (Wildman–Crippen LogP) is 0.305. The highest BCUT2D eigenvalue weighted by Crippen LogP contribution is 2.36. The topological polar surface area (TPSA) is 84.6 Å². The van der Waals surface area contributed by atoms with Gasteiger partial charge in [-0.2, -0.15) is 0 Å². The fourth-order valence-electron chi connectivity index (χ4n) is 1.21. The number of carbonyl (C=O) groups is 1. The first-order chi connectivity index (χ1) is 6.16. The maximum Gasteiger partial charge on any atom is 0.262 e. The van der Waals surface area contributed by atoms with Gasteiger partial charge in [0.05, 0.1) is 11.4 Å². The molecule has 1 aromatic rings. The lowest BCUT2D eigenvalue weighted by Crippen LogP contribution is -2.25. The molecule has 1 heterocycles. The van der Waals surface area contributed by atoms with E-state index in [-0.39, 0.29) is 18.3 Å². The number of benzene rings is 1. The Morgan fingerprint density at radius 1 is 1.54 bits per heavy atom. The molecule has 5 nitrogen and oxygen atoms in total. The Morgan fingerprint density at radius 3 is 3.08 bits per heavy atom. The summed E-state index contributed by atoms with van der Waals surface area (Å²) in [6.07, 6.45) is 0. The number of hydrogen-bond donors (Lipinski definition) is 3. The van der Waals surface area contributed by atoms with E-state index >= 15 is 0 Å². The number of aromatic hydroxyl groups is 1. The molecule has 0 saturated heterocycles. The number of nitrogens with two attached hydrogens (primary N) is 1. The molecule has 4 N–H and O–H groups in total. The summed E-state index contributed by atoms with van der Waals surface area (Å²) in [5.74, 6) is 0.164. The second-order valence-electron chi connectivity index (χ2n) is 2.75. The molecule has 0 unspecified atom stereocenters. The summed E-state index contributed by atoms with van der Waals surface area (Å²) >= 11 is 0. The van der Waals surface area contributed by atoms with Crippen LogP contribution in [0.15, 0.2) is 12.1 Å². The highest BCUT2D eigenvalue weighted by Gasteiger charge is 2.18. The van der Waals surface area contributed by atoms with Gasteiger partial charge in [-0.15, -0.1) is 0 Å². The third-order valence-electron chi connectivity index (χ3n) is 1.72. The lowest BCUT2D eigenvalue weighted by molar-refractivity contribution is -0.118. The van der Waals surface area contributed by atoms with E-state index in [2.05, 4.69) is 5.32 Å². The molecular formula is C8H8N2O3. The largest absolute Gasteiger partial charge is 0.508 e. The van der Waals surface area contributed by atoms with Crippen LogP contribution in [0.25, 0.3) is 0 Å². The van der Waals surface area contributed by atoms with Crippen molar-refractivity contribution < 1.29 is 14.6 Å². The monoisotopic (exact) mass is 180 g/mol. The highest BCUT2D eigenvalue weighted by atomic mass is 16.5. The van der Waals surface area contributed by atoms with Gasteiger partial charge in [0.25, 0.3) is 5.91 Å². The molecule has 1 aliphatic rings. The van der Waals surface area contributed by atoms with E-state index in [1.807, 2.05) is 0 Å². The van der Waals surface area contributed by atoms with Crippen LogP contribution < -0.4 is 15.8 Å². The molecule has 68 valence electrons. The third kappa shape index (κ3) is 1.24. The molecule has 13 heavy (non-hydrogen) atoms. The summed E-state index contributed by atoms with van der Waals surface area (Å²) in [6, 6.07) is 2.76. The van der Waals surface area contributed by atoms with Crippen molar-refractivity contribution in [3.05, 3.63) is 12.1 Å². The first-order valence-corrected chi connectivity index (χ1v) is 3.72. The van der Waals surface area contributed by atoms with Crippen molar-refractivity contribution in [1.82, 2.24) is 0 Å². The second kappa shape index (κ2) is 2.55. The fraction of sp³-hybridized carbons (Fsp3) is 0.125. The average Bonchev–Trinajstić information content (AvgIpc) is 2.02. The number of anilines is 2. The van der Waals surface area contributed by atoms with Crippen LogP contribution in [-0.4, -0.2) is 17.6 Å². The highest BCUT2D eigenvalue weighted by molar-refractivity contribution is 5.97. The van der Waals surface area contributed by atoms with E-state index in [4.69, 9.17) is 15.6 Å². The van der Waals surface area contributed by atoms with Gasteiger partial charge in [0, 0.05) is 12.1 Å². The van der Waals surface area contributed by atoms with Gasteiger partial charge in [0.15, 0.2) is 12.4 Å². The van der Waals surface area contributed by atoms with Crippen molar-refractivity contribution in [2.75, 3.05) is 17.7 Å². The molecule has 0 bridgehead atoms. The normalized spacial score (nSPS) is 14.3. The van der Waals surface area contributed by atoms with Crippen LogP contribution in [0.5, 0.6) is 11.5 Å². The molecule has 2 rings (SSSR count). The minimum Gasteiger partial charge on any atom is -0.508 e. The zero-order valence-corrected chi connectivity index (χ0v) is 6.70. The van der Waals surface area contributed by atoms with E-state index < -0.39 is 0 Å². The van der Waals surface area contributed by atoms with Gasteiger partial charge in [-0.25, -0.2) is 0 Å². The number of fused-ring (bicyclic) bond motifs is 1. The second-order valence-corrected chi connectivity index (χ2v) is 2.75. The van der Waals surface area contributed by atoms with Crippen LogP contribution in [0.2, 0.25) is 0 Å². The molecule has 0 atom stereocenters. The van der Waals surface area contributed by atoms with Crippen LogP contribution in [0.3, 0.4) is 0 Å². The molecular weight excluding hydrogens is 172 g/mol. The maximum absolute atomic E-state index is 10.9. The number of phenols is 1. The number of rotatable bonds is 0. The maximum atomic E-state index is 10.9. The Bertz CT molecular complexity index is 376. The van der Waals surface area contributed by atoms with Crippen molar-refractivity contribution in [3.63, 3.8) is 0 Å². The Labute approximate surface area is 74.1 Å². The van der Waals surface area contributed by atoms with Crippen molar-refractivity contribution in [2.45, 2.75) is 0 Å². The van der Waals surface area contributed by atoms with Gasteiger partial charge < -0.3 is 20.9 Å². The number of ether oxygens (including phenoxy) is 1. The van der Waals surface area contributed by atoms with Crippen LogP contribution in [-0.2, 0) is 4.79 Å². The van der Waals surface area contributed by atoms with Gasteiger partial charge >= 0.3 is 0 Å². The van der Waals surface area contributed by atoms with E-state index in [0.717, 1.165) is 0 Å². The fourth-order valence-corrected chi connectivity index (χ4v) is 1.21. The van der Waals surface area contributed by atoms with Crippen molar-refractivity contribution >= 4 is 17.3 Å². The molecule has 1 aliphatic heterocycles. The molecule has 0 spiro atoms. The number of nitrogen functional groups attached to an aromatic ring is 1. The van der Waals surface area contributed by atoms with Crippen LogP contribution in [0.1, 0.15) is 0 Å². The van der Waals surface area contributed by atoms with Crippen LogP contribution in [0, 0.1) is 0 Å². The van der Waals surface area contributed by atoms with E-state index in [1.54, 1.807) is 0 Å². The van der Waals surface area contributed by atoms with E-state index in [9.17, 15) is 4.79 Å². The number of amides is 1. The van der Waals surface area contributed by atoms with Gasteiger partial charge in [-0.05, 0) is 0 Å². The third-order valence-corrected chi connectivity index (χ3v) is 1.72. The Hall–Kier alpha value is -1.91. The smallest absolute Gasteiger partial charge is 0.262 e. The standard InChI is InChI=1S/C8H8N2O3/c9-5-1-4(11)2-6-8(5)13-3-7(12)10-6/h1-2,11H,3,9H2,(H,10,12). The van der Waals surface area contributed by atoms with Crippen molar-refractivity contribution in [1.29, 1.82) is 0 Å². The van der Waals surface area contributed by atoms with Gasteiger partial charge in [-0.1, -0.05) is 0 Å². The molecule has 1 amide bonds. The molecule has 0 aliphatic carbocycles. The van der Waals surface area contributed by atoms with Gasteiger partial charge in [0.2, 0.25) is 0 Å². The van der Waals surface area contributed by atoms with E-state index in [0.29, 0.717) is 17.1 Å². The summed E-state index contributed by atoms with van der Waals surface area (Å²) in [4.78, 5) is 10.9. The Kier molecular flexibility index (Phi) is 1.51. The summed E-state index contributed by atoms with van der Waals surface area (Å²) < 4.78 is 5.07. The van der Waals surface area contributed by atoms with Crippen LogP contribution >= 0.6 is 0 Å². The number of nitrogens with one attached hydrogen (secondary N) is 1. The van der Waals surface area contributed by atoms with E-state index in [1.165, 1.54) is 12.1 Å². The number of hydrogen-bond acceptors (Lipinski definition) is 4. The Balaban J connectivity index is 2.53. The average molecular weight is 180 g/mol. The summed E-state index contributed by atoms with van der Waals surface area (Å²) in [6.45, 7) is -0.0397. The van der Waals surface area contributed by atoms with Crippen molar-refractivity contribution in [3.8, 4) is 11.5 Å². The zero-order valence-electron chi connectivity index (χ0n) is 6.70. The first-order valence-electron chi connectivity index (χ1n) is 3.72. The Morgan fingerprint density at radius 2 is 2.31 bits per heavy atom. The lowest BCUT2D eigenvalue weighted by Gasteiger charge is -2.19. The van der Waals surface area contributed by atoms with Crippen molar-refractivity contribution in [2.24, 2.45) is 0 Å².